The minimum atomic E-state index is -0.433. The van der Waals surface area contributed by atoms with E-state index < -0.39 is 5.82 Å². The van der Waals surface area contributed by atoms with Crippen molar-refractivity contribution in [1.82, 2.24) is 9.97 Å². The third-order valence-corrected chi connectivity index (χ3v) is 2.59. The lowest BCUT2D eigenvalue weighted by Crippen LogP contribution is -2.00. The van der Waals surface area contributed by atoms with Gasteiger partial charge in [-0.05, 0) is 19.1 Å². The number of rotatable bonds is 1. The van der Waals surface area contributed by atoms with Gasteiger partial charge in [0.1, 0.15) is 18.0 Å². The zero-order chi connectivity index (χ0) is 11.7. The number of aromatic nitrogens is 2. The van der Waals surface area contributed by atoms with Crippen molar-refractivity contribution in [2.45, 2.75) is 6.92 Å². The van der Waals surface area contributed by atoms with E-state index >= 15 is 0 Å². The lowest BCUT2D eigenvalue weighted by molar-refractivity contribution is 0.631. The van der Waals surface area contributed by atoms with Crippen LogP contribution in [0.1, 0.15) is 5.69 Å². The number of benzene rings is 1. The Hall–Kier alpha value is -1.68. The first kappa shape index (κ1) is 10.8. The molecule has 1 aromatic heterocycles. The Morgan fingerprint density at radius 1 is 1.25 bits per heavy atom. The van der Waals surface area contributed by atoms with Crippen LogP contribution >= 0.6 is 11.6 Å². The van der Waals surface area contributed by atoms with E-state index in [1.54, 1.807) is 13.0 Å². The fraction of sp³-hybridized carbons (Fsp3) is 0.0909. The summed E-state index contributed by atoms with van der Waals surface area (Å²) in [7, 11) is 0. The molecule has 82 valence electrons. The zero-order valence-electron chi connectivity index (χ0n) is 8.54. The molecule has 2 rings (SSSR count). The summed E-state index contributed by atoms with van der Waals surface area (Å²) in [6, 6.07) is 4.47. The van der Waals surface area contributed by atoms with Crippen molar-refractivity contribution in [3.8, 4) is 11.1 Å². The van der Waals surface area contributed by atoms with Gasteiger partial charge in [-0.25, -0.2) is 14.4 Å². The van der Waals surface area contributed by atoms with Gasteiger partial charge in [-0.15, -0.1) is 0 Å². The van der Waals surface area contributed by atoms with Crippen LogP contribution in [0.3, 0.4) is 0 Å². The monoisotopic (exact) mass is 237 g/mol. The average molecular weight is 238 g/mol. The van der Waals surface area contributed by atoms with Crippen molar-refractivity contribution >= 4 is 17.4 Å². The molecule has 5 heteroatoms. The van der Waals surface area contributed by atoms with Gasteiger partial charge in [0.05, 0.1) is 10.7 Å². The molecule has 0 aliphatic heterocycles. The number of nitrogen functional groups attached to an aromatic ring is 1. The number of hydrogen-bond acceptors (Lipinski definition) is 3. The Kier molecular flexibility index (Phi) is 2.75. The molecular weight excluding hydrogens is 229 g/mol. The highest BCUT2D eigenvalue weighted by Gasteiger charge is 2.15. The largest absolute Gasteiger partial charge is 0.383 e. The van der Waals surface area contributed by atoms with Gasteiger partial charge in [0.25, 0.3) is 0 Å². The summed E-state index contributed by atoms with van der Waals surface area (Å²) in [6.45, 7) is 1.73. The van der Waals surface area contributed by atoms with Crippen LogP contribution in [-0.4, -0.2) is 9.97 Å². The highest BCUT2D eigenvalue weighted by atomic mass is 35.5. The van der Waals surface area contributed by atoms with Crippen molar-refractivity contribution < 1.29 is 4.39 Å². The van der Waals surface area contributed by atoms with Gasteiger partial charge in [-0.1, -0.05) is 17.7 Å². The standard InChI is InChI=1S/C11H9ClFN3/c1-6-9(11(14)16-5-15-6)10-7(12)3-2-4-8(10)13/h2-5H,1H3,(H2,14,15,16). The van der Waals surface area contributed by atoms with E-state index in [2.05, 4.69) is 9.97 Å². The Bertz CT molecular complexity index is 453. The second-order valence-electron chi connectivity index (χ2n) is 3.32. The summed E-state index contributed by atoms with van der Waals surface area (Å²) in [4.78, 5) is 7.82. The number of halogens is 2. The number of aryl methyl sites for hydroxylation is 1. The molecule has 0 fully saturated rings. The van der Waals surface area contributed by atoms with Gasteiger partial charge >= 0.3 is 0 Å². The molecule has 0 aliphatic rings. The minimum Gasteiger partial charge on any atom is -0.383 e. The summed E-state index contributed by atoms with van der Waals surface area (Å²) in [6.07, 6.45) is 1.34. The number of nitrogens with two attached hydrogens (primary N) is 1. The molecule has 1 heterocycles. The summed E-state index contributed by atoms with van der Waals surface area (Å²) >= 11 is 5.96. The first-order valence-corrected chi connectivity index (χ1v) is 5.00. The second-order valence-corrected chi connectivity index (χ2v) is 3.72. The molecule has 0 amide bonds. The van der Waals surface area contributed by atoms with Crippen molar-refractivity contribution in [2.24, 2.45) is 0 Å². The van der Waals surface area contributed by atoms with Crippen molar-refractivity contribution in [3.05, 3.63) is 41.1 Å². The Morgan fingerprint density at radius 3 is 2.62 bits per heavy atom. The Labute approximate surface area is 97.1 Å². The second kappa shape index (κ2) is 4.06. The molecule has 2 aromatic rings. The van der Waals surface area contributed by atoms with E-state index in [1.807, 2.05) is 0 Å². The topological polar surface area (TPSA) is 51.8 Å². The molecule has 16 heavy (non-hydrogen) atoms. The van der Waals surface area contributed by atoms with E-state index in [0.29, 0.717) is 16.3 Å². The normalized spacial score (nSPS) is 10.4. The smallest absolute Gasteiger partial charge is 0.135 e. The van der Waals surface area contributed by atoms with Crippen LogP contribution in [0.25, 0.3) is 11.1 Å². The van der Waals surface area contributed by atoms with Crippen molar-refractivity contribution in [2.75, 3.05) is 5.73 Å². The van der Waals surface area contributed by atoms with E-state index in [4.69, 9.17) is 17.3 Å². The number of hydrogen-bond donors (Lipinski definition) is 1. The van der Waals surface area contributed by atoms with Gasteiger partial charge in [0, 0.05) is 11.1 Å². The quantitative estimate of drug-likeness (QED) is 0.830. The number of nitrogens with zero attached hydrogens (tertiary/aromatic N) is 2. The van der Waals surface area contributed by atoms with E-state index in [1.165, 1.54) is 18.5 Å². The van der Waals surface area contributed by atoms with Gasteiger partial charge in [0.2, 0.25) is 0 Å². The Balaban J connectivity index is 2.77. The molecule has 0 unspecified atom stereocenters. The van der Waals surface area contributed by atoms with Gasteiger partial charge in [-0.3, -0.25) is 0 Å². The zero-order valence-corrected chi connectivity index (χ0v) is 9.29. The molecule has 2 N–H and O–H groups in total. The highest BCUT2D eigenvalue weighted by molar-refractivity contribution is 6.33. The first-order chi connectivity index (χ1) is 7.61. The SMILES string of the molecule is Cc1ncnc(N)c1-c1c(F)cccc1Cl. The van der Waals surface area contributed by atoms with E-state index in [0.717, 1.165) is 0 Å². The van der Waals surface area contributed by atoms with Crippen LogP contribution < -0.4 is 5.73 Å². The molecule has 0 spiro atoms. The predicted molar refractivity (Wildman–Crippen MR) is 61.6 cm³/mol. The molecule has 0 radical (unpaired) electrons. The number of anilines is 1. The predicted octanol–water partition coefficient (Wildman–Crippen LogP) is 2.83. The first-order valence-electron chi connectivity index (χ1n) is 4.62. The van der Waals surface area contributed by atoms with Crippen molar-refractivity contribution in [3.63, 3.8) is 0 Å². The highest BCUT2D eigenvalue weighted by Crippen LogP contribution is 2.34. The molecule has 0 aliphatic carbocycles. The molecule has 3 nitrogen and oxygen atoms in total. The summed E-state index contributed by atoms with van der Waals surface area (Å²) < 4.78 is 13.7. The third kappa shape index (κ3) is 1.72. The van der Waals surface area contributed by atoms with Crippen LogP contribution in [0.5, 0.6) is 0 Å². The maximum Gasteiger partial charge on any atom is 0.135 e. The van der Waals surface area contributed by atoms with Crippen LogP contribution in [0.4, 0.5) is 10.2 Å². The Morgan fingerprint density at radius 2 is 2.00 bits per heavy atom. The molecule has 0 bridgehead atoms. The summed E-state index contributed by atoms with van der Waals surface area (Å²) in [5.74, 6) is -0.211. The van der Waals surface area contributed by atoms with Crippen LogP contribution in [0, 0.1) is 12.7 Å². The van der Waals surface area contributed by atoms with Gasteiger partial charge in [-0.2, -0.15) is 0 Å². The maximum absolute atomic E-state index is 13.7. The lowest BCUT2D eigenvalue weighted by atomic mass is 10.0. The summed E-state index contributed by atoms with van der Waals surface area (Å²) in [5, 5.41) is 0.296. The fourth-order valence-corrected chi connectivity index (χ4v) is 1.80. The maximum atomic E-state index is 13.7. The molecular formula is C11H9ClFN3. The molecule has 0 atom stereocenters. The fourth-order valence-electron chi connectivity index (χ4n) is 1.54. The average Bonchev–Trinajstić information content (AvgIpc) is 2.21. The summed E-state index contributed by atoms with van der Waals surface area (Å²) in [5.41, 5.74) is 7.01. The van der Waals surface area contributed by atoms with E-state index in [-0.39, 0.29) is 11.4 Å². The molecule has 1 aromatic carbocycles. The van der Waals surface area contributed by atoms with E-state index in [9.17, 15) is 4.39 Å². The lowest BCUT2D eigenvalue weighted by Gasteiger charge is -2.10. The molecule has 0 saturated heterocycles. The third-order valence-electron chi connectivity index (χ3n) is 2.28. The van der Waals surface area contributed by atoms with Crippen LogP contribution in [-0.2, 0) is 0 Å². The minimum absolute atomic E-state index is 0.222. The van der Waals surface area contributed by atoms with Crippen molar-refractivity contribution in [1.29, 1.82) is 0 Å². The van der Waals surface area contributed by atoms with Crippen LogP contribution in [0.15, 0.2) is 24.5 Å². The molecule has 0 saturated carbocycles. The van der Waals surface area contributed by atoms with Crippen LogP contribution in [0.2, 0.25) is 5.02 Å². The van der Waals surface area contributed by atoms with Gasteiger partial charge in [0.15, 0.2) is 0 Å². The van der Waals surface area contributed by atoms with Gasteiger partial charge < -0.3 is 5.73 Å².